The second-order valence-electron chi connectivity index (χ2n) is 5.14. The number of hydrogen-bond donors (Lipinski definition) is 1. The Bertz CT molecular complexity index is 744. The summed E-state index contributed by atoms with van der Waals surface area (Å²) in [7, 11) is 0. The predicted molar refractivity (Wildman–Crippen MR) is 87.1 cm³/mol. The third-order valence-corrected chi connectivity index (χ3v) is 3.46. The minimum atomic E-state index is -0.467. The van der Waals surface area contributed by atoms with Crippen LogP contribution in [-0.4, -0.2) is 19.2 Å². The number of ether oxygens (including phenoxy) is 2. The summed E-state index contributed by atoms with van der Waals surface area (Å²) in [6.45, 7) is 1.24. The van der Waals surface area contributed by atoms with E-state index >= 15 is 0 Å². The van der Waals surface area contributed by atoms with Crippen LogP contribution >= 0.6 is 0 Å². The molecule has 1 amide bonds. The van der Waals surface area contributed by atoms with E-state index in [-0.39, 0.29) is 13.2 Å². The standard InChI is InChI=1S/C19H17NO3/c21-19(23-14-16-5-2-1-3-6-16)20-11-4-7-15-8-9-18-17(13-15)10-12-22-18/h1-3,5-6,8-9,13H,10-12,14H2,(H,20,21). The molecule has 4 heteroatoms. The number of fused-ring (bicyclic) bond motifs is 1. The Morgan fingerprint density at radius 2 is 2.09 bits per heavy atom. The smallest absolute Gasteiger partial charge is 0.408 e. The molecule has 1 N–H and O–H groups in total. The van der Waals surface area contributed by atoms with Crippen molar-refractivity contribution in [2.45, 2.75) is 13.0 Å². The average Bonchev–Trinajstić information content (AvgIpc) is 3.05. The molecule has 1 aliphatic rings. The Morgan fingerprint density at radius 1 is 1.22 bits per heavy atom. The predicted octanol–water partition coefficient (Wildman–Crippen LogP) is 2.90. The van der Waals surface area contributed by atoms with Gasteiger partial charge in [-0.2, -0.15) is 0 Å². The van der Waals surface area contributed by atoms with Gasteiger partial charge in [-0.1, -0.05) is 42.2 Å². The number of hydrogen-bond acceptors (Lipinski definition) is 3. The highest BCUT2D eigenvalue weighted by Gasteiger charge is 2.10. The van der Waals surface area contributed by atoms with Crippen LogP contribution in [0.2, 0.25) is 0 Å². The molecule has 0 bridgehead atoms. The van der Waals surface area contributed by atoms with E-state index in [4.69, 9.17) is 9.47 Å². The summed E-state index contributed by atoms with van der Waals surface area (Å²) in [5.41, 5.74) is 3.06. The van der Waals surface area contributed by atoms with E-state index in [1.54, 1.807) is 0 Å². The van der Waals surface area contributed by atoms with Crippen molar-refractivity contribution in [1.29, 1.82) is 0 Å². The maximum atomic E-state index is 11.6. The van der Waals surface area contributed by atoms with E-state index in [1.165, 1.54) is 5.56 Å². The van der Waals surface area contributed by atoms with Crippen LogP contribution < -0.4 is 10.1 Å². The monoisotopic (exact) mass is 307 g/mol. The summed E-state index contributed by atoms with van der Waals surface area (Å²) in [6, 6.07) is 15.4. The molecule has 2 aromatic carbocycles. The quantitative estimate of drug-likeness (QED) is 0.887. The second kappa shape index (κ2) is 7.37. The zero-order valence-corrected chi connectivity index (χ0v) is 12.7. The van der Waals surface area contributed by atoms with Crippen molar-refractivity contribution in [3.05, 3.63) is 65.2 Å². The van der Waals surface area contributed by atoms with Gasteiger partial charge >= 0.3 is 6.09 Å². The molecule has 0 fully saturated rings. The molecule has 4 nitrogen and oxygen atoms in total. The van der Waals surface area contributed by atoms with Crippen LogP contribution in [0.5, 0.6) is 5.75 Å². The highest BCUT2D eigenvalue weighted by Crippen LogP contribution is 2.25. The second-order valence-corrected chi connectivity index (χ2v) is 5.14. The molecule has 0 unspecified atom stereocenters. The van der Waals surface area contributed by atoms with Gasteiger partial charge in [0.1, 0.15) is 12.4 Å². The minimum Gasteiger partial charge on any atom is -0.493 e. The van der Waals surface area contributed by atoms with Crippen LogP contribution in [0.1, 0.15) is 16.7 Å². The molecule has 1 aliphatic heterocycles. The van der Waals surface area contributed by atoms with Gasteiger partial charge in [0.25, 0.3) is 0 Å². The highest BCUT2D eigenvalue weighted by molar-refractivity contribution is 5.67. The van der Waals surface area contributed by atoms with Gasteiger partial charge in [-0.25, -0.2) is 4.79 Å². The molecule has 0 radical (unpaired) electrons. The zero-order valence-electron chi connectivity index (χ0n) is 12.7. The lowest BCUT2D eigenvalue weighted by Gasteiger charge is -2.04. The molecule has 0 aliphatic carbocycles. The van der Waals surface area contributed by atoms with E-state index in [1.807, 2.05) is 48.5 Å². The van der Waals surface area contributed by atoms with Crippen LogP contribution in [0.3, 0.4) is 0 Å². The molecule has 0 aromatic heterocycles. The largest absolute Gasteiger partial charge is 0.493 e. The Labute approximate surface area is 135 Å². The fourth-order valence-corrected chi connectivity index (χ4v) is 2.30. The molecular formula is C19H17NO3. The van der Waals surface area contributed by atoms with Gasteiger partial charge in [-0.3, -0.25) is 0 Å². The molecule has 0 spiro atoms. The number of carbonyl (C=O) groups excluding carboxylic acids is 1. The molecule has 116 valence electrons. The number of amides is 1. The maximum Gasteiger partial charge on any atom is 0.408 e. The van der Waals surface area contributed by atoms with Crippen molar-refractivity contribution in [3.63, 3.8) is 0 Å². The first-order chi connectivity index (χ1) is 11.3. The summed E-state index contributed by atoms with van der Waals surface area (Å²) < 4.78 is 10.6. The fourth-order valence-electron chi connectivity index (χ4n) is 2.30. The molecule has 0 atom stereocenters. The van der Waals surface area contributed by atoms with Crippen molar-refractivity contribution in [2.24, 2.45) is 0 Å². The first kappa shape index (κ1) is 15.0. The van der Waals surface area contributed by atoms with Gasteiger partial charge in [0.15, 0.2) is 0 Å². The van der Waals surface area contributed by atoms with Gasteiger partial charge in [-0.15, -0.1) is 0 Å². The third kappa shape index (κ3) is 4.27. The lowest BCUT2D eigenvalue weighted by molar-refractivity contribution is 0.141. The molecule has 3 rings (SSSR count). The van der Waals surface area contributed by atoms with Gasteiger partial charge < -0.3 is 14.8 Å². The summed E-state index contributed by atoms with van der Waals surface area (Å²) in [5.74, 6) is 6.89. The van der Waals surface area contributed by atoms with E-state index in [0.29, 0.717) is 0 Å². The molecule has 2 aromatic rings. The summed E-state index contributed by atoms with van der Waals surface area (Å²) in [4.78, 5) is 11.6. The molecule has 0 saturated carbocycles. The number of alkyl carbamates (subject to hydrolysis) is 1. The first-order valence-corrected chi connectivity index (χ1v) is 7.50. The number of nitrogens with one attached hydrogen (secondary N) is 1. The van der Waals surface area contributed by atoms with Crippen LogP contribution in [0, 0.1) is 11.8 Å². The van der Waals surface area contributed by atoms with Crippen LogP contribution in [0.25, 0.3) is 0 Å². The molecule has 1 heterocycles. The summed E-state index contributed by atoms with van der Waals surface area (Å²) in [5, 5.41) is 2.62. The zero-order chi connectivity index (χ0) is 15.9. The van der Waals surface area contributed by atoms with Crippen molar-refractivity contribution < 1.29 is 14.3 Å². The molecule has 0 saturated heterocycles. The van der Waals surface area contributed by atoms with Crippen LogP contribution in [0.4, 0.5) is 4.79 Å². The number of benzene rings is 2. The minimum absolute atomic E-state index is 0.251. The first-order valence-electron chi connectivity index (χ1n) is 7.50. The Kier molecular flexibility index (Phi) is 4.80. The lowest BCUT2D eigenvalue weighted by atomic mass is 10.1. The summed E-state index contributed by atoms with van der Waals surface area (Å²) >= 11 is 0. The Hall–Kier alpha value is -2.93. The maximum absolute atomic E-state index is 11.6. The van der Waals surface area contributed by atoms with Crippen LogP contribution in [0.15, 0.2) is 48.5 Å². The average molecular weight is 307 g/mol. The normalized spacial score (nSPS) is 11.7. The Morgan fingerprint density at radius 3 is 2.96 bits per heavy atom. The van der Waals surface area contributed by atoms with Gasteiger partial charge in [0.05, 0.1) is 13.2 Å². The number of carbonyl (C=O) groups is 1. The van der Waals surface area contributed by atoms with E-state index in [0.717, 1.165) is 29.9 Å². The number of rotatable bonds is 3. The van der Waals surface area contributed by atoms with E-state index < -0.39 is 6.09 Å². The van der Waals surface area contributed by atoms with Gasteiger partial charge in [-0.05, 0) is 29.3 Å². The van der Waals surface area contributed by atoms with Crippen molar-refractivity contribution in [3.8, 4) is 17.6 Å². The SMILES string of the molecule is O=C(NCC#Cc1ccc2c(c1)CCO2)OCc1ccccc1. The van der Waals surface area contributed by atoms with Crippen molar-refractivity contribution in [2.75, 3.05) is 13.2 Å². The van der Waals surface area contributed by atoms with Gasteiger partial charge in [0.2, 0.25) is 0 Å². The fraction of sp³-hybridized carbons (Fsp3) is 0.211. The van der Waals surface area contributed by atoms with E-state index in [2.05, 4.69) is 17.2 Å². The van der Waals surface area contributed by atoms with Gasteiger partial charge in [0, 0.05) is 12.0 Å². The van der Waals surface area contributed by atoms with Crippen LogP contribution in [-0.2, 0) is 17.8 Å². The summed E-state index contributed by atoms with van der Waals surface area (Å²) in [6.07, 6.45) is 0.458. The topological polar surface area (TPSA) is 47.6 Å². The Balaban J connectivity index is 1.43. The third-order valence-electron chi connectivity index (χ3n) is 3.46. The highest BCUT2D eigenvalue weighted by atomic mass is 16.5. The lowest BCUT2D eigenvalue weighted by Crippen LogP contribution is -2.24. The van der Waals surface area contributed by atoms with Crippen molar-refractivity contribution >= 4 is 6.09 Å². The molecule has 23 heavy (non-hydrogen) atoms. The molecular weight excluding hydrogens is 290 g/mol. The van der Waals surface area contributed by atoms with Crippen molar-refractivity contribution in [1.82, 2.24) is 5.32 Å². The van der Waals surface area contributed by atoms with E-state index in [9.17, 15) is 4.79 Å².